The highest BCUT2D eigenvalue weighted by molar-refractivity contribution is 6.30. The Labute approximate surface area is 166 Å². The van der Waals surface area contributed by atoms with Gasteiger partial charge in [-0.2, -0.15) is 0 Å². The highest BCUT2D eigenvalue weighted by atomic mass is 35.5. The van der Waals surface area contributed by atoms with Crippen LogP contribution in [0, 0.1) is 0 Å². The smallest absolute Gasteiger partial charge is 0.345 e. The van der Waals surface area contributed by atoms with Gasteiger partial charge in [-0.1, -0.05) is 23.7 Å². The van der Waals surface area contributed by atoms with Gasteiger partial charge >= 0.3 is 5.97 Å². The molecule has 144 valence electrons. The lowest BCUT2D eigenvalue weighted by Crippen LogP contribution is -2.29. The Bertz CT molecular complexity index is 961. The van der Waals surface area contributed by atoms with Gasteiger partial charge in [0.05, 0.1) is 7.11 Å². The molecule has 0 saturated carbocycles. The Hall–Kier alpha value is -2.96. The van der Waals surface area contributed by atoms with Gasteiger partial charge in [-0.25, -0.2) is 4.79 Å². The van der Waals surface area contributed by atoms with E-state index in [2.05, 4.69) is 0 Å². The number of methoxy groups -OCH3 is 1. The molecule has 0 radical (unpaired) electrons. The molecule has 2 aromatic rings. The summed E-state index contributed by atoms with van der Waals surface area (Å²) in [5.41, 5.74) is 1.77. The number of halogens is 1. The molecule has 28 heavy (non-hydrogen) atoms. The van der Waals surface area contributed by atoms with Crippen molar-refractivity contribution in [3.05, 3.63) is 87.8 Å². The largest absolute Gasteiger partial charge is 0.497 e. The van der Waals surface area contributed by atoms with Crippen molar-refractivity contribution >= 4 is 17.6 Å². The molecule has 7 heteroatoms. The normalized spacial score (nSPS) is 21.1. The molecule has 0 saturated heterocycles. The van der Waals surface area contributed by atoms with Gasteiger partial charge < -0.3 is 24.1 Å². The van der Waals surface area contributed by atoms with Crippen LogP contribution in [0.15, 0.2) is 71.7 Å². The lowest BCUT2D eigenvalue weighted by molar-refractivity contribution is -0.186. The number of esters is 1. The predicted octanol–water partition coefficient (Wildman–Crippen LogP) is 3.44. The van der Waals surface area contributed by atoms with Gasteiger partial charge in [-0.05, 0) is 42.0 Å². The van der Waals surface area contributed by atoms with E-state index in [1.54, 1.807) is 43.5 Å². The van der Waals surface area contributed by atoms with Crippen molar-refractivity contribution in [3.8, 4) is 5.75 Å². The number of carbonyl (C=O) groups is 1. The number of hydrogen-bond donors (Lipinski definition) is 1. The minimum atomic E-state index is -1.94. The molecule has 1 N–H and O–H groups in total. The van der Waals surface area contributed by atoms with Gasteiger partial charge in [-0.3, -0.25) is 0 Å². The van der Waals surface area contributed by atoms with Crippen molar-refractivity contribution < 1.29 is 28.8 Å². The molecule has 1 atom stereocenters. The highest BCUT2D eigenvalue weighted by Gasteiger charge is 2.49. The van der Waals surface area contributed by atoms with Crippen LogP contribution in [0.1, 0.15) is 11.1 Å². The fraction of sp³-hybridized carbons (Fsp3) is 0.190. The van der Waals surface area contributed by atoms with E-state index in [0.29, 0.717) is 21.9 Å². The average molecular weight is 401 g/mol. The van der Waals surface area contributed by atoms with E-state index in [1.165, 1.54) is 6.26 Å². The second kappa shape index (κ2) is 7.22. The minimum absolute atomic E-state index is 0.00129. The maximum atomic E-state index is 12.7. The van der Waals surface area contributed by atoms with Gasteiger partial charge in [0, 0.05) is 22.6 Å². The van der Waals surface area contributed by atoms with Crippen LogP contribution in [0.25, 0.3) is 0 Å². The van der Waals surface area contributed by atoms with E-state index in [9.17, 15) is 9.90 Å². The molecule has 2 aliphatic rings. The lowest BCUT2D eigenvalue weighted by atomic mass is 9.90. The Morgan fingerprint density at radius 2 is 1.86 bits per heavy atom. The van der Waals surface area contributed by atoms with Crippen molar-refractivity contribution in [1.29, 1.82) is 0 Å². The van der Waals surface area contributed by atoms with Crippen molar-refractivity contribution in [2.24, 2.45) is 0 Å². The first-order chi connectivity index (χ1) is 13.5. The van der Waals surface area contributed by atoms with E-state index >= 15 is 0 Å². The fourth-order valence-electron chi connectivity index (χ4n) is 3.23. The number of rotatable bonds is 5. The zero-order valence-corrected chi connectivity index (χ0v) is 15.7. The fourth-order valence-corrected chi connectivity index (χ4v) is 3.35. The first-order valence-electron chi connectivity index (χ1n) is 8.54. The van der Waals surface area contributed by atoms with Crippen molar-refractivity contribution in [1.82, 2.24) is 0 Å². The molecule has 6 nitrogen and oxygen atoms in total. The van der Waals surface area contributed by atoms with E-state index < -0.39 is 11.8 Å². The van der Waals surface area contributed by atoms with E-state index in [-0.39, 0.29) is 24.5 Å². The summed E-state index contributed by atoms with van der Waals surface area (Å²) in [6.45, 7) is 0.00129. The molecule has 0 aromatic heterocycles. The summed E-state index contributed by atoms with van der Waals surface area (Å²) < 4.78 is 21.1. The SMILES string of the molecule is COc1ccc(C2(O)OC(=O)C(C3=COCO3)=C2Cc2ccc(Cl)cc2)cc1. The zero-order chi connectivity index (χ0) is 19.7. The minimum Gasteiger partial charge on any atom is -0.497 e. The molecule has 1 unspecified atom stereocenters. The van der Waals surface area contributed by atoms with Crippen LogP contribution in [0.3, 0.4) is 0 Å². The maximum absolute atomic E-state index is 12.7. The van der Waals surface area contributed by atoms with Crippen molar-refractivity contribution in [2.75, 3.05) is 13.9 Å². The Kier molecular flexibility index (Phi) is 4.75. The number of benzene rings is 2. The number of cyclic esters (lactones) is 1. The molecule has 2 aromatic carbocycles. The van der Waals surface area contributed by atoms with Crippen LogP contribution >= 0.6 is 11.6 Å². The molecule has 2 heterocycles. The first kappa shape index (κ1) is 18.4. The van der Waals surface area contributed by atoms with Crippen LogP contribution in [0.2, 0.25) is 5.02 Å². The van der Waals surface area contributed by atoms with E-state index in [4.69, 9.17) is 30.5 Å². The van der Waals surface area contributed by atoms with E-state index in [1.807, 2.05) is 12.1 Å². The van der Waals surface area contributed by atoms with Gasteiger partial charge in [0.15, 0.2) is 5.76 Å². The average Bonchev–Trinajstić information content (AvgIpc) is 3.31. The van der Waals surface area contributed by atoms with Gasteiger partial charge in [0.1, 0.15) is 17.6 Å². The predicted molar refractivity (Wildman–Crippen MR) is 100 cm³/mol. The van der Waals surface area contributed by atoms with Crippen LogP contribution in [-0.2, 0) is 31.2 Å². The Morgan fingerprint density at radius 3 is 2.46 bits per heavy atom. The topological polar surface area (TPSA) is 74.2 Å². The molecule has 4 rings (SSSR count). The summed E-state index contributed by atoms with van der Waals surface area (Å²) in [6, 6.07) is 13.8. The van der Waals surface area contributed by atoms with Crippen LogP contribution in [-0.4, -0.2) is 25.0 Å². The number of carbonyl (C=O) groups excluding carboxylic acids is 1. The number of ether oxygens (including phenoxy) is 4. The number of aliphatic hydroxyl groups is 1. The van der Waals surface area contributed by atoms with Crippen molar-refractivity contribution in [3.63, 3.8) is 0 Å². The van der Waals surface area contributed by atoms with Gasteiger partial charge in [0.25, 0.3) is 5.79 Å². The van der Waals surface area contributed by atoms with Gasteiger partial charge in [0.2, 0.25) is 6.79 Å². The Balaban J connectivity index is 1.82. The summed E-state index contributed by atoms with van der Waals surface area (Å²) in [7, 11) is 1.55. The summed E-state index contributed by atoms with van der Waals surface area (Å²) in [5.74, 6) is -1.77. The van der Waals surface area contributed by atoms with Crippen LogP contribution in [0.4, 0.5) is 0 Å². The molecule has 2 aliphatic heterocycles. The summed E-state index contributed by atoms with van der Waals surface area (Å²) in [6.07, 6.45) is 1.60. The van der Waals surface area contributed by atoms with Crippen LogP contribution in [0.5, 0.6) is 5.75 Å². The monoisotopic (exact) mass is 400 g/mol. The second-order valence-corrected chi connectivity index (χ2v) is 6.77. The Morgan fingerprint density at radius 1 is 1.14 bits per heavy atom. The van der Waals surface area contributed by atoms with Crippen molar-refractivity contribution in [2.45, 2.75) is 12.2 Å². The summed E-state index contributed by atoms with van der Waals surface area (Å²) >= 11 is 5.97. The third-order valence-electron chi connectivity index (χ3n) is 4.65. The van der Waals surface area contributed by atoms with Gasteiger partial charge in [-0.15, -0.1) is 0 Å². The third-order valence-corrected chi connectivity index (χ3v) is 4.90. The zero-order valence-electron chi connectivity index (χ0n) is 15.0. The van der Waals surface area contributed by atoms with Crippen LogP contribution < -0.4 is 4.74 Å². The molecular weight excluding hydrogens is 384 g/mol. The molecule has 0 bridgehead atoms. The standard InChI is InChI=1S/C21H17ClO6/c1-25-16-8-4-14(5-9-16)21(24)17(10-13-2-6-15(22)7-3-13)19(20(23)28-21)18-11-26-12-27-18/h2-9,11,24H,10,12H2,1H3. The molecule has 0 amide bonds. The number of hydrogen-bond acceptors (Lipinski definition) is 6. The first-order valence-corrected chi connectivity index (χ1v) is 8.92. The second-order valence-electron chi connectivity index (χ2n) is 6.33. The van der Waals surface area contributed by atoms with E-state index in [0.717, 1.165) is 5.56 Å². The highest BCUT2D eigenvalue weighted by Crippen LogP contribution is 2.44. The lowest BCUT2D eigenvalue weighted by Gasteiger charge is -2.25. The quantitative estimate of drug-likeness (QED) is 0.775. The summed E-state index contributed by atoms with van der Waals surface area (Å²) in [4.78, 5) is 12.7. The molecule has 0 aliphatic carbocycles. The molecular formula is C21H17ClO6. The maximum Gasteiger partial charge on any atom is 0.345 e. The summed E-state index contributed by atoms with van der Waals surface area (Å²) in [5, 5.41) is 12.0. The molecule has 0 fully saturated rings. The third kappa shape index (κ3) is 3.21. The molecule has 0 spiro atoms.